The third kappa shape index (κ3) is 3.37. The van der Waals surface area contributed by atoms with Gasteiger partial charge < -0.3 is 5.32 Å². The lowest BCUT2D eigenvalue weighted by molar-refractivity contribution is 0.601. The molecule has 0 saturated heterocycles. The van der Waals surface area contributed by atoms with Crippen LogP contribution in [0.4, 0.5) is 5.69 Å². The van der Waals surface area contributed by atoms with Crippen molar-refractivity contribution in [3.05, 3.63) is 60.2 Å². The van der Waals surface area contributed by atoms with E-state index in [0.717, 1.165) is 5.56 Å². The van der Waals surface area contributed by atoms with E-state index >= 15 is 0 Å². The molecule has 5 heteroatoms. The molecule has 0 aliphatic carbocycles. The molecule has 20 heavy (non-hydrogen) atoms. The average molecular weight is 290 g/mol. The molecule has 1 atom stereocenters. The van der Waals surface area contributed by atoms with Crippen molar-refractivity contribution >= 4 is 15.7 Å². The van der Waals surface area contributed by atoms with Crippen LogP contribution in [0.2, 0.25) is 0 Å². The van der Waals surface area contributed by atoms with Gasteiger partial charge in [-0.1, -0.05) is 30.3 Å². The maximum absolute atomic E-state index is 12.2. The third-order valence-electron chi connectivity index (χ3n) is 3.15. The van der Waals surface area contributed by atoms with E-state index in [0.29, 0.717) is 5.69 Å². The van der Waals surface area contributed by atoms with Crippen molar-refractivity contribution in [1.29, 1.82) is 0 Å². The van der Waals surface area contributed by atoms with Gasteiger partial charge in [-0.05, 0) is 43.8 Å². The molecular weight excluding hydrogens is 272 g/mol. The topological polar surface area (TPSA) is 58.2 Å². The molecule has 2 N–H and O–H groups in total. The number of benzene rings is 2. The molecule has 0 amide bonds. The molecule has 0 radical (unpaired) electrons. The lowest BCUT2D eigenvalue weighted by Gasteiger charge is -2.12. The van der Waals surface area contributed by atoms with Crippen LogP contribution >= 0.6 is 0 Å². The predicted octanol–water partition coefficient (Wildman–Crippen LogP) is 2.77. The minimum atomic E-state index is -3.52. The molecule has 2 rings (SSSR count). The van der Waals surface area contributed by atoms with Gasteiger partial charge in [0.05, 0.1) is 4.90 Å². The molecule has 0 aliphatic rings. The van der Waals surface area contributed by atoms with Crippen molar-refractivity contribution < 1.29 is 8.42 Å². The minimum absolute atomic E-state index is 0.231. The third-order valence-corrected chi connectivity index (χ3v) is 4.55. The summed E-state index contributed by atoms with van der Waals surface area (Å²) in [5.74, 6) is 0. The van der Waals surface area contributed by atoms with Gasteiger partial charge in [0, 0.05) is 11.7 Å². The van der Waals surface area contributed by atoms with Crippen LogP contribution < -0.4 is 10.0 Å². The monoisotopic (exact) mass is 290 g/mol. The molecule has 0 fully saturated rings. The standard InChI is InChI=1S/C15H18N2O2S/c1-12(16-2)13-8-10-14(11-9-13)17-20(18,19)15-6-4-3-5-7-15/h3-12,16-17H,1-2H3. The highest BCUT2D eigenvalue weighted by atomic mass is 32.2. The quantitative estimate of drug-likeness (QED) is 0.890. The number of hydrogen-bond donors (Lipinski definition) is 2. The Balaban J connectivity index is 2.18. The highest BCUT2D eigenvalue weighted by Crippen LogP contribution is 2.19. The summed E-state index contributed by atoms with van der Waals surface area (Å²) in [7, 11) is -1.63. The van der Waals surface area contributed by atoms with Crippen LogP contribution in [0, 0.1) is 0 Å². The Morgan fingerprint density at radius 3 is 2.10 bits per heavy atom. The number of nitrogens with one attached hydrogen (secondary N) is 2. The molecule has 106 valence electrons. The molecule has 2 aromatic carbocycles. The molecule has 0 aromatic heterocycles. The van der Waals surface area contributed by atoms with Crippen LogP contribution in [0.3, 0.4) is 0 Å². The van der Waals surface area contributed by atoms with Crippen LogP contribution in [-0.4, -0.2) is 15.5 Å². The van der Waals surface area contributed by atoms with Crippen molar-refractivity contribution in [1.82, 2.24) is 5.32 Å². The minimum Gasteiger partial charge on any atom is -0.313 e. The van der Waals surface area contributed by atoms with Gasteiger partial charge in [-0.15, -0.1) is 0 Å². The zero-order valence-electron chi connectivity index (χ0n) is 11.5. The highest BCUT2D eigenvalue weighted by molar-refractivity contribution is 7.92. The maximum atomic E-state index is 12.2. The molecule has 1 unspecified atom stereocenters. The highest BCUT2D eigenvalue weighted by Gasteiger charge is 2.13. The largest absolute Gasteiger partial charge is 0.313 e. The summed E-state index contributed by atoms with van der Waals surface area (Å²) in [6.07, 6.45) is 0. The maximum Gasteiger partial charge on any atom is 0.261 e. The van der Waals surface area contributed by atoms with Crippen molar-refractivity contribution in [2.45, 2.75) is 17.9 Å². The van der Waals surface area contributed by atoms with Gasteiger partial charge in [0.2, 0.25) is 0 Å². The second-order valence-electron chi connectivity index (χ2n) is 4.55. The van der Waals surface area contributed by atoms with Crippen LogP contribution in [0.5, 0.6) is 0 Å². The van der Waals surface area contributed by atoms with Gasteiger partial charge >= 0.3 is 0 Å². The van der Waals surface area contributed by atoms with Crippen LogP contribution in [0.15, 0.2) is 59.5 Å². The second kappa shape index (κ2) is 6.07. The van der Waals surface area contributed by atoms with Crippen molar-refractivity contribution in [3.63, 3.8) is 0 Å². The van der Waals surface area contributed by atoms with E-state index in [9.17, 15) is 8.42 Å². The fourth-order valence-electron chi connectivity index (χ4n) is 1.82. The fourth-order valence-corrected chi connectivity index (χ4v) is 2.90. The summed E-state index contributed by atoms with van der Waals surface area (Å²) in [6, 6.07) is 15.9. The second-order valence-corrected chi connectivity index (χ2v) is 6.23. The Morgan fingerprint density at radius 2 is 1.55 bits per heavy atom. The first-order chi connectivity index (χ1) is 9.53. The molecule has 0 saturated carbocycles. The van der Waals surface area contributed by atoms with E-state index in [4.69, 9.17) is 0 Å². The SMILES string of the molecule is CNC(C)c1ccc(NS(=O)(=O)c2ccccc2)cc1. The predicted molar refractivity (Wildman–Crippen MR) is 81.2 cm³/mol. The Hall–Kier alpha value is -1.85. The van der Waals surface area contributed by atoms with Gasteiger partial charge in [-0.25, -0.2) is 8.42 Å². The lowest BCUT2D eigenvalue weighted by Crippen LogP contribution is -2.14. The van der Waals surface area contributed by atoms with Gasteiger partial charge in [0.1, 0.15) is 0 Å². The Kier molecular flexibility index (Phi) is 4.42. The van der Waals surface area contributed by atoms with Crippen LogP contribution in [0.25, 0.3) is 0 Å². The first kappa shape index (κ1) is 14.6. The summed E-state index contributed by atoms with van der Waals surface area (Å²) in [6.45, 7) is 2.04. The molecule has 2 aromatic rings. The van der Waals surface area contributed by atoms with Gasteiger partial charge in [0.25, 0.3) is 10.0 Å². The smallest absolute Gasteiger partial charge is 0.261 e. The zero-order chi connectivity index (χ0) is 14.6. The number of hydrogen-bond acceptors (Lipinski definition) is 3. The van der Waals surface area contributed by atoms with Gasteiger partial charge in [0.15, 0.2) is 0 Å². The normalized spacial score (nSPS) is 12.9. The van der Waals surface area contributed by atoms with Crippen molar-refractivity contribution in [2.24, 2.45) is 0 Å². The van der Waals surface area contributed by atoms with Crippen molar-refractivity contribution in [3.8, 4) is 0 Å². The number of anilines is 1. The first-order valence-corrected chi connectivity index (χ1v) is 7.86. The molecular formula is C15H18N2O2S. The molecule has 0 bridgehead atoms. The van der Waals surface area contributed by atoms with Crippen LogP contribution in [0.1, 0.15) is 18.5 Å². The first-order valence-electron chi connectivity index (χ1n) is 6.38. The van der Waals surface area contributed by atoms with Crippen molar-refractivity contribution in [2.75, 3.05) is 11.8 Å². The van der Waals surface area contributed by atoms with E-state index in [1.54, 1.807) is 42.5 Å². The Labute approximate surface area is 119 Å². The molecule has 0 spiro atoms. The fraction of sp³-hybridized carbons (Fsp3) is 0.200. The van der Waals surface area contributed by atoms with Gasteiger partial charge in [-0.3, -0.25) is 4.72 Å². The molecule has 4 nitrogen and oxygen atoms in total. The van der Waals surface area contributed by atoms with E-state index < -0.39 is 10.0 Å². The molecule has 0 heterocycles. The number of rotatable bonds is 5. The van der Waals surface area contributed by atoms with Crippen LogP contribution in [-0.2, 0) is 10.0 Å². The molecule has 0 aliphatic heterocycles. The summed E-state index contributed by atoms with van der Waals surface area (Å²) >= 11 is 0. The van der Waals surface area contributed by atoms with E-state index in [1.165, 1.54) is 0 Å². The Morgan fingerprint density at radius 1 is 0.950 bits per heavy atom. The van der Waals surface area contributed by atoms with Gasteiger partial charge in [-0.2, -0.15) is 0 Å². The zero-order valence-corrected chi connectivity index (χ0v) is 12.3. The number of sulfonamides is 1. The summed E-state index contributed by atoms with van der Waals surface area (Å²) in [4.78, 5) is 0.257. The van der Waals surface area contributed by atoms with E-state index in [2.05, 4.69) is 10.0 Å². The summed E-state index contributed by atoms with van der Waals surface area (Å²) < 4.78 is 26.9. The van der Waals surface area contributed by atoms with E-state index in [-0.39, 0.29) is 10.9 Å². The summed E-state index contributed by atoms with van der Waals surface area (Å²) in [5, 5.41) is 3.14. The Bertz CT molecular complexity index is 652. The van der Waals surface area contributed by atoms with E-state index in [1.807, 2.05) is 26.1 Å². The lowest BCUT2D eigenvalue weighted by atomic mass is 10.1. The average Bonchev–Trinajstić information content (AvgIpc) is 2.48. The summed E-state index contributed by atoms with van der Waals surface area (Å²) in [5.41, 5.74) is 1.66.